The zero-order valence-corrected chi connectivity index (χ0v) is 7.50. The number of hydrogen-bond donors (Lipinski definition) is 0. The van der Waals surface area contributed by atoms with Crippen molar-refractivity contribution in [1.29, 1.82) is 0 Å². The second-order valence-corrected chi connectivity index (χ2v) is 2.87. The quantitative estimate of drug-likeness (QED) is 0.662. The number of hydrogen-bond acceptors (Lipinski definition) is 1. The van der Waals surface area contributed by atoms with Crippen LogP contribution in [0.2, 0.25) is 0 Å². The first-order valence-electron chi connectivity index (χ1n) is 4.02. The number of benzene rings is 1. The zero-order valence-electron chi connectivity index (χ0n) is 7.50. The predicted molar refractivity (Wildman–Crippen MR) is 50.2 cm³/mol. The second kappa shape index (κ2) is 3.96. The van der Waals surface area contributed by atoms with Crippen molar-refractivity contribution in [3.05, 3.63) is 42.5 Å². The maximum atomic E-state index is 5.49. The Hall–Kier alpha value is -1.24. The summed E-state index contributed by atoms with van der Waals surface area (Å²) in [5.74, 6) is 0.874. The Balaban J connectivity index is 2.79. The van der Waals surface area contributed by atoms with Gasteiger partial charge < -0.3 is 4.74 Å². The van der Waals surface area contributed by atoms with Crippen molar-refractivity contribution in [2.45, 2.75) is 20.0 Å². The van der Waals surface area contributed by atoms with Crippen LogP contribution in [0.5, 0.6) is 5.75 Å². The summed E-state index contributed by atoms with van der Waals surface area (Å²) in [5, 5.41) is 0. The lowest BCUT2D eigenvalue weighted by Gasteiger charge is -2.09. The predicted octanol–water partition coefficient (Wildman–Crippen LogP) is 2.81. The first-order chi connectivity index (χ1) is 5.72. The van der Waals surface area contributed by atoms with E-state index < -0.39 is 0 Å². The Morgan fingerprint density at radius 1 is 1.42 bits per heavy atom. The molecule has 1 rings (SSSR count). The molecule has 0 aromatic heterocycles. The third-order valence-electron chi connectivity index (χ3n) is 1.41. The average molecular weight is 161 g/mol. The summed E-state index contributed by atoms with van der Waals surface area (Å²) < 4.78 is 5.49. The SMILES string of the molecule is C=[C]c1cccc(OC(C)C)c1. The van der Waals surface area contributed by atoms with Gasteiger partial charge in [-0.3, -0.25) is 0 Å². The van der Waals surface area contributed by atoms with Crippen LogP contribution in [0.1, 0.15) is 19.4 Å². The van der Waals surface area contributed by atoms with Crippen LogP contribution in [-0.4, -0.2) is 6.10 Å². The van der Waals surface area contributed by atoms with Gasteiger partial charge in [0.2, 0.25) is 0 Å². The maximum absolute atomic E-state index is 5.49. The standard InChI is InChI=1S/C11H13O/c1-4-10-6-5-7-11(8-10)12-9(2)3/h5-9H,1H2,2-3H3. The van der Waals surface area contributed by atoms with E-state index in [1.54, 1.807) is 0 Å². The summed E-state index contributed by atoms with van der Waals surface area (Å²) in [6, 6.07) is 7.74. The summed E-state index contributed by atoms with van der Waals surface area (Å²) >= 11 is 0. The Labute approximate surface area is 73.7 Å². The minimum absolute atomic E-state index is 0.213. The van der Waals surface area contributed by atoms with Crippen LogP contribution in [-0.2, 0) is 0 Å². The van der Waals surface area contributed by atoms with Gasteiger partial charge in [0.25, 0.3) is 0 Å². The van der Waals surface area contributed by atoms with Crippen molar-refractivity contribution in [3.63, 3.8) is 0 Å². The highest BCUT2D eigenvalue weighted by molar-refractivity contribution is 5.31. The molecule has 0 aliphatic carbocycles. The lowest BCUT2D eigenvalue weighted by molar-refractivity contribution is 0.242. The summed E-state index contributed by atoms with van der Waals surface area (Å²) in [4.78, 5) is 0. The molecule has 0 saturated heterocycles. The van der Waals surface area contributed by atoms with Crippen molar-refractivity contribution in [2.75, 3.05) is 0 Å². The molecule has 0 atom stereocenters. The van der Waals surface area contributed by atoms with E-state index in [9.17, 15) is 0 Å². The van der Waals surface area contributed by atoms with Gasteiger partial charge in [0.1, 0.15) is 5.75 Å². The van der Waals surface area contributed by atoms with Crippen LogP contribution in [0.15, 0.2) is 30.8 Å². The Morgan fingerprint density at radius 2 is 2.17 bits per heavy atom. The Bertz CT molecular complexity index is 263. The molecule has 0 bridgehead atoms. The lowest BCUT2D eigenvalue weighted by atomic mass is 10.2. The van der Waals surface area contributed by atoms with Crippen molar-refractivity contribution < 1.29 is 4.74 Å². The molecule has 0 amide bonds. The van der Waals surface area contributed by atoms with E-state index in [-0.39, 0.29) is 6.10 Å². The van der Waals surface area contributed by atoms with Gasteiger partial charge in [-0.15, -0.1) is 0 Å². The second-order valence-electron chi connectivity index (χ2n) is 2.87. The number of ether oxygens (including phenoxy) is 1. The fourth-order valence-corrected chi connectivity index (χ4v) is 0.952. The molecule has 1 heteroatoms. The molecule has 0 fully saturated rings. The summed E-state index contributed by atoms with van der Waals surface area (Å²) in [7, 11) is 0. The van der Waals surface area contributed by atoms with Gasteiger partial charge in [0, 0.05) is 0 Å². The molecular formula is C11H13O. The molecule has 0 saturated carbocycles. The highest BCUT2D eigenvalue weighted by Crippen LogP contribution is 2.14. The lowest BCUT2D eigenvalue weighted by Crippen LogP contribution is -2.05. The molecule has 63 valence electrons. The van der Waals surface area contributed by atoms with E-state index >= 15 is 0 Å². The Morgan fingerprint density at radius 3 is 2.75 bits per heavy atom. The highest BCUT2D eigenvalue weighted by Gasteiger charge is 1.96. The molecule has 0 N–H and O–H groups in total. The summed E-state index contributed by atoms with van der Waals surface area (Å²) in [6.45, 7) is 7.58. The molecule has 0 unspecified atom stereocenters. The van der Waals surface area contributed by atoms with E-state index in [2.05, 4.69) is 12.7 Å². The minimum Gasteiger partial charge on any atom is -0.491 e. The third-order valence-corrected chi connectivity index (χ3v) is 1.41. The van der Waals surface area contributed by atoms with Crippen LogP contribution >= 0.6 is 0 Å². The fourth-order valence-electron chi connectivity index (χ4n) is 0.952. The van der Waals surface area contributed by atoms with Gasteiger partial charge in [-0.25, -0.2) is 0 Å². The highest BCUT2D eigenvalue weighted by atomic mass is 16.5. The molecule has 1 aromatic carbocycles. The smallest absolute Gasteiger partial charge is 0.120 e. The number of rotatable bonds is 3. The first kappa shape index (κ1) is 8.85. The van der Waals surface area contributed by atoms with Crippen molar-refractivity contribution in [3.8, 4) is 5.75 Å². The van der Waals surface area contributed by atoms with Gasteiger partial charge >= 0.3 is 0 Å². The van der Waals surface area contributed by atoms with E-state index in [1.807, 2.05) is 38.1 Å². The normalized spacial score (nSPS) is 9.92. The van der Waals surface area contributed by atoms with Crippen LogP contribution < -0.4 is 4.74 Å². The average Bonchev–Trinajstić information content (AvgIpc) is 2.03. The zero-order chi connectivity index (χ0) is 8.97. The summed E-state index contributed by atoms with van der Waals surface area (Å²) in [5.41, 5.74) is 0.966. The first-order valence-corrected chi connectivity index (χ1v) is 4.02. The van der Waals surface area contributed by atoms with Crippen molar-refractivity contribution in [2.24, 2.45) is 0 Å². The fraction of sp³-hybridized carbons (Fsp3) is 0.273. The van der Waals surface area contributed by atoms with Crippen molar-refractivity contribution in [1.82, 2.24) is 0 Å². The third kappa shape index (κ3) is 2.42. The van der Waals surface area contributed by atoms with Gasteiger partial charge in [-0.1, -0.05) is 18.7 Å². The molecule has 1 nitrogen and oxygen atoms in total. The van der Waals surface area contributed by atoms with Gasteiger partial charge in [-0.05, 0) is 37.6 Å². The summed E-state index contributed by atoms with van der Waals surface area (Å²) in [6.07, 6.45) is 3.02. The van der Waals surface area contributed by atoms with E-state index in [1.165, 1.54) is 0 Å². The molecule has 1 radical (unpaired) electrons. The van der Waals surface area contributed by atoms with E-state index in [0.717, 1.165) is 11.3 Å². The molecular weight excluding hydrogens is 148 g/mol. The van der Waals surface area contributed by atoms with Crippen LogP contribution in [0.4, 0.5) is 0 Å². The van der Waals surface area contributed by atoms with Gasteiger partial charge in [0.05, 0.1) is 6.10 Å². The van der Waals surface area contributed by atoms with Crippen LogP contribution in [0, 0.1) is 6.08 Å². The Kier molecular flexibility index (Phi) is 2.92. The molecule has 12 heavy (non-hydrogen) atoms. The molecule has 0 spiro atoms. The molecule has 0 heterocycles. The monoisotopic (exact) mass is 161 g/mol. The largest absolute Gasteiger partial charge is 0.491 e. The van der Waals surface area contributed by atoms with Crippen LogP contribution in [0.3, 0.4) is 0 Å². The molecule has 0 aliphatic rings. The maximum Gasteiger partial charge on any atom is 0.120 e. The molecule has 1 aromatic rings. The topological polar surface area (TPSA) is 9.23 Å². The minimum atomic E-state index is 0.213. The van der Waals surface area contributed by atoms with Gasteiger partial charge in [-0.2, -0.15) is 0 Å². The van der Waals surface area contributed by atoms with Crippen LogP contribution in [0.25, 0.3) is 0 Å². The van der Waals surface area contributed by atoms with Crippen molar-refractivity contribution >= 4 is 0 Å². The van der Waals surface area contributed by atoms with E-state index in [0.29, 0.717) is 0 Å². The molecule has 0 aliphatic heterocycles. The van der Waals surface area contributed by atoms with E-state index in [4.69, 9.17) is 4.74 Å². The van der Waals surface area contributed by atoms with Gasteiger partial charge in [0.15, 0.2) is 0 Å².